The van der Waals surface area contributed by atoms with Crippen molar-refractivity contribution in [2.24, 2.45) is 11.8 Å². The lowest BCUT2D eigenvalue weighted by atomic mass is 9.98. The average Bonchev–Trinajstić information content (AvgIpc) is 3.20. The van der Waals surface area contributed by atoms with Crippen molar-refractivity contribution >= 4 is 17.7 Å². The predicted molar refractivity (Wildman–Crippen MR) is 73.9 cm³/mol. The minimum Gasteiger partial charge on any atom is -0.387 e. The van der Waals surface area contributed by atoms with Gasteiger partial charge in [-0.25, -0.2) is 4.98 Å². The SMILES string of the molecule is Nc1ccnc(N2C[C@@H](NC(=O)CO)[C@H](C3CC3)C2)n1. The van der Waals surface area contributed by atoms with E-state index in [2.05, 4.69) is 20.2 Å². The Morgan fingerprint density at radius 2 is 2.30 bits per heavy atom. The van der Waals surface area contributed by atoms with Crippen molar-refractivity contribution in [1.29, 1.82) is 0 Å². The van der Waals surface area contributed by atoms with Crippen molar-refractivity contribution in [2.45, 2.75) is 18.9 Å². The summed E-state index contributed by atoms with van der Waals surface area (Å²) in [6.45, 7) is 1.02. The smallest absolute Gasteiger partial charge is 0.245 e. The second-order valence-electron chi connectivity index (χ2n) is 5.52. The number of hydrogen-bond donors (Lipinski definition) is 3. The third-order valence-corrected chi connectivity index (χ3v) is 4.03. The Kier molecular flexibility index (Phi) is 3.43. The number of aliphatic hydroxyl groups excluding tert-OH is 1. The second-order valence-corrected chi connectivity index (χ2v) is 5.52. The molecular weight excluding hydrogens is 258 g/mol. The molecule has 0 radical (unpaired) electrons. The minimum atomic E-state index is -0.470. The van der Waals surface area contributed by atoms with Gasteiger partial charge in [-0.05, 0) is 24.8 Å². The lowest BCUT2D eigenvalue weighted by Crippen LogP contribution is -2.42. The largest absolute Gasteiger partial charge is 0.387 e. The maximum Gasteiger partial charge on any atom is 0.245 e. The van der Waals surface area contributed by atoms with Gasteiger partial charge in [-0.1, -0.05) is 0 Å². The quantitative estimate of drug-likeness (QED) is 0.677. The molecule has 1 saturated carbocycles. The van der Waals surface area contributed by atoms with E-state index in [0.717, 1.165) is 6.54 Å². The van der Waals surface area contributed by atoms with E-state index in [1.165, 1.54) is 12.8 Å². The molecule has 20 heavy (non-hydrogen) atoms. The Bertz CT molecular complexity index is 505. The first-order valence-corrected chi connectivity index (χ1v) is 6.91. The Morgan fingerprint density at radius 3 is 2.95 bits per heavy atom. The van der Waals surface area contributed by atoms with E-state index >= 15 is 0 Å². The zero-order valence-electron chi connectivity index (χ0n) is 11.2. The molecule has 0 aromatic carbocycles. The van der Waals surface area contributed by atoms with Crippen LogP contribution in [0.3, 0.4) is 0 Å². The lowest BCUT2D eigenvalue weighted by Gasteiger charge is -2.18. The topological polar surface area (TPSA) is 104 Å². The number of nitrogens with two attached hydrogens (primary N) is 1. The maximum atomic E-state index is 11.4. The van der Waals surface area contributed by atoms with E-state index in [1.54, 1.807) is 12.3 Å². The number of nitrogens with zero attached hydrogens (tertiary/aromatic N) is 3. The Labute approximate surface area is 117 Å². The Hall–Kier alpha value is -1.89. The summed E-state index contributed by atoms with van der Waals surface area (Å²) in [6, 6.07) is 1.70. The van der Waals surface area contributed by atoms with E-state index in [9.17, 15) is 4.79 Å². The van der Waals surface area contributed by atoms with Crippen LogP contribution in [0.25, 0.3) is 0 Å². The number of carbonyl (C=O) groups is 1. The molecule has 2 heterocycles. The summed E-state index contributed by atoms with van der Waals surface area (Å²) in [5.41, 5.74) is 5.69. The van der Waals surface area contributed by atoms with Crippen molar-refractivity contribution in [2.75, 3.05) is 30.3 Å². The van der Waals surface area contributed by atoms with Gasteiger partial charge in [0.25, 0.3) is 0 Å². The van der Waals surface area contributed by atoms with E-state index in [0.29, 0.717) is 30.1 Å². The van der Waals surface area contributed by atoms with Crippen molar-refractivity contribution in [3.63, 3.8) is 0 Å². The molecule has 2 aliphatic rings. The first kappa shape index (κ1) is 13.1. The minimum absolute atomic E-state index is 0.0483. The normalized spacial score (nSPS) is 25.8. The molecule has 1 aliphatic heterocycles. The van der Waals surface area contributed by atoms with Gasteiger partial charge in [0, 0.05) is 25.2 Å². The van der Waals surface area contributed by atoms with Crippen LogP contribution in [-0.4, -0.2) is 46.7 Å². The molecule has 2 fully saturated rings. The monoisotopic (exact) mass is 277 g/mol. The molecule has 7 nitrogen and oxygen atoms in total. The zero-order valence-corrected chi connectivity index (χ0v) is 11.2. The molecule has 1 amide bonds. The highest BCUT2D eigenvalue weighted by Crippen LogP contribution is 2.42. The van der Waals surface area contributed by atoms with Gasteiger partial charge in [0.05, 0.1) is 6.04 Å². The number of aromatic nitrogens is 2. The van der Waals surface area contributed by atoms with Crippen molar-refractivity contribution < 1.29 is 9.90 Å². The summed E-state index contributed by atoms with van der Waals surface area (Å²) in [5, 5.41) is 11.8. The second kappa shape index (κ2) is 5.24. The molecule has 1 aliphatic carbocycles. The van der Waals surface area contributed by atoms with Gasteiger partial charge in [0.1, 0.15) is 12.4 Å². The van der Waals surface area contributed by atoms with Crippen molar-refractivity contribution in [3.8, 4) is 0 Å². The van der Waals surface area contributed by atoms with Gasteiger partial charge in [-0.2, -0.15) is 4.98 Å². The number of hydrogen-bond acceptors (Lipinski definition) is 6. The predicted octanol–water partition coefficient (Wildman–Crippen LogP) is -0.618. The van der Waals surface area contributed by atoms with Crippen LogP contribution in [0.5, 0.6) is 0 Å². The average molecular weight is 277 g/mol. The van der Waals surface area contributed by atoms with Gasteiger partial charge in [0.15, 0.2) is 0 Å². The number of anilines is 2. The first-order chi connectivity index (χ1) is 9.67. The number of nitrogens with one attached hydrogen (secondary N) is 1. The number of carbonyl (C=O) groups excluding carboxylic acids is 1. The third kappa shape index (κ3) is 2.67. The van der Waals surface area contributed by atoms with Crippen LogP contribution in [0.1, 0.15) is 12.8 Å². The van der Waals surface area contributed by atoms with Gasteiger partial charge < -0.3 is 21.1 Å². The number of amides is 1. The van der Waals surface area contributed by atoms with E-state index in [-0.39, 0.29) is 11.9 Å². The molecule has 1 saturated heterocycles. The summed E-state index contributed by atoms with van der Waals surface area (Å²) < 4.78 is 0. The molecule has 7 heteroatoms. The lowest BCUT2D eigenvalue weighted by molar-refractivity contribution is -0.124. The summed E-state index contributed by atoms with van der Waals surface area (Å²) in [4.78, 5) is 22.0. The third-order valence-electron chi connectivity index (χ3n) is 4.03. The first-order valence-electron chi connectivity index (χ1n) is 6.91. The van der Waals surface area contributed by atoms with Gasteiger partial charge in [0.2, 0.25) is 11.9 Å². The van der Waals surface area contributed by atoms with Crippen molar-refractivity contribution in [3.05, 3.63) is 12.3 Å². The summed E-state index contributed by atoms with van der Waals surface area (Å²) in [7, 11) is 0. The van der Waals surface area contributed by atoms with Gasteiger partial charge >= 0.3 is 0 Å². The van der Waals surface area contributed by atoms with Crippen LogP contribution in [-0.2, 0) is 4.79 Å². The molecule has 4 N–H and O–H groups in total. The molecule has 2 atom stereocenters. The number of nitrogen functional groups attached to an aromatic ring is 1. The summed E-state index contributed by atoms with van der Waals surface area (Å²) in [6.07, 6.45) is 4.06. The molecule has 0 unspecified atom stereocenters. The zero-order chi connectivity index (χ0) is 14.1. The highest BCUT2D eigenvalue weighted by atomic mass is 16.3. The molecular formula is C13H19N5O2. The van der Waals surface area contributed by atoms with Gasteiger partial charge in [-0.15, -0.1) is 0 Å². The number of rotatable bonds is 4. The van der Waals surface area contributed by atoms with Crippen LogP contribution in [0.4, 0.5) is 11.8 Å². The molecule has 1 aromatic heterocycles. The van der Waals surface area contributed by atoms with Crippen LogP contribution >= 0.6 is 0 Å². The van der Waals surface area contributed by atoms with Gasteiger partial charge in [-0.3, -0.25) is 4.79 Å². The highest BCUT2D eigenvalue weighted by Gasteiger charge is 2.43. The number of aliphatic hydroxyl groups is 1. The molecule has 3 rings (SSSR count). The van der Waals surface area contributed by atoms with Crippen molar-refractivity contribution in [1.82, 2.24) is 15.3 Å². The summed E-state index contributed by atoms with van der Waals surface area (Å²) in [5.74, 6) is 1.79. The standard InChI is InChI=1S/C13H19N5O2/c14-11-3-4-15-13(17-11)18-5-9(8-1-2-8)10(6-18)16-12(20)7-19/h3-4,8-10,19H,1-2,5-7H2,(H,16,20)(H2,14,15,17)/t9-,10+/m0/s1. The summed E-state index contributed by atoms with van der Waals surface area (Å²) >= 11 is 0. The van der Waals surface area contributed by atoms with E-state index in [4.69, 9.17) is 10.8 Å². The van der Waals surface area contributed by atoms with E-state index in [1.807, 2.05) is 0 Å². The molecule has 0 bridgehead atoms. The fourth-order valence-electron chi connectivity index (χ4n) is 2.91. The maximum absolute atomic E-state index is 11.4. The molecule has 108 valence electrons. The molecule has 1 aromatic rings. The van der Waals surface area contributed by atoms with Crippen LogP contribution in [0, 0.1) is 11.8 Å². The fraction of sp³-hybridized carbons (Fsp3) is 0.615. The van der Waals surface area contributed by atoms with Crippen LogP contribution < -0.4 is 16.0 Å². The Morgan fingerprint density at radius 1 is 1.50 bits per heavy atom. The van der Waals surface area contributed by atoms with Crippen LogP contribution in [0.2, 0.25) is 0 Å². The van der Waals surface area contributed by atoms with Crippen LogP contribution in [0.15, 0.2) is 12.3 Å². The molecule has 0 spiro atoms. The highest BCUT2D eigenvalue weighted by molar-refractivity contribution is 5.77. The Balaban J connectivity index is 1.73. The fourth-order valence-corrected chi connectivity index (χ4v) is 2.91. The van der Waals surface area contributed by atoms with E-state index < -0.39 is 6.61 Å².